The maximum atomic E-state index is 12.8. The largest absolute Gasteiger partial charge is 0.294 e. The average Bonchev–Trinajstić information content (AvgIpc) is 2.92. The van der Waals surface area contributed by atoms with Crippen LogP contribution in [0.4, 0.5) is 0 Å². The van der Waals surface area contributed by atoms with Crippen LogP contribution in [0.3, 0.4) is 0 Å². The van der Waals surface area contributed by atoms with E-state index in [0.717, 1.165) is 19.3 Å². The number of fused-ring (bicyclic) bond motifs is 4. The van der Waals surface area contributed by atoms with E-state index >= 15 is 0 Å². The quantitative estimate of drug-likeness (QED) is 0.663. The molecule has 0 radical (unpaired) electrons. The van der Waals surface area contributed by atoms with Crippen molar-refractivity contribution in [3.63, 3.8) is 0 Å². The van der Waals surface area contributed by atoms with Crippen molar-refractivity contribution in [1.82, 2.24) is 0 Å². The van der Waals surface area contributed by atoms with Gasteiger partial charge in [-0.3, -0.25) is 9.59 Å². The number of allylic oxidation sites excluding steroid dienone is 2. The summed E-state index contributed by atoms with van der Waals surface area (Å²) in [5, 5.41) is 0. The fourth-order valence-corrected chi connectivity index (χ4v) is 4.19. The second-order valence-electron chi connectivity index (χ2n) is 5.92. The molecule has 3 unspecified atom stereocenters. The molecule has 0 spiro atoms. The second kappa shape index (κ2) is 3.89. The number of carbonyl (C=O) groups excluding carboxylic acids is 2. The Morgan fingerprint density at radius 1 is 0.947 bits per heavy atom. The SMILES string of the molecule is O=C1c2ccccc2C(=O)C2C1CC=C1CCCC12. The number of carbonyl (C=O) groups is 2. The molecular weight excluding hydrogens is 236 g/mol. The van der Waals surface area contributed by atoms with Crippen LogP contribution in [0.15, 0.2) is 35.9 Å². The van der Waals surface area contributed by atoms with E-state index in [2.05, 4.69) is 6.08 Å². The van der Waals surface area contributed by atoms with E-state index < -0.39 is 0 Å². The van der Waals surface area contributed by atoms with Gasteiger partial charge in [0.2, 0.25) is 0 Å². The Balaban J connectivity index is 1.86. The first-order valence-electron chi connectivity index (χ1n) is 7.14. The Hall–Kier alpha value is -1.70. The molecule has 1 aromatic rings. The zero-order chi connectivity index (χ0) is 13.0. The predicted octanol–water partition coefficient (Wildman–Crippen LogP) is 3.43. The van der Waals surface area contributed by atoms with Crippen molar-refractivity contribution in [3.05, 3.63) is 47.0 Å². The van der Waals surface area contributed by atoms with Gasteiger partial charge < -0.3 is 0 Å². The normalized spacial score (nSPS) is 32.4. The van der Waals surface area contributed by atoms with Crippen molar-refractivity contribution in [3.8, 4) is 0 Å². The van der Waals surface area contributed by atoms with Crippen molar-refractivity contribution >= 4 is 11.6 Å². The minimum absolute atomic E-state index is 0.0788. The van der Waals surface area contributed by atoms with Gasteiger partial charge in [-0.25, -0.2) is 0 Å². The second-order valence-corrected chi connectivity index (χ2v) is 5.92. The summed E-state index contributed by atoms with van der Waals surface area (Å²) in [5.74, 6) is 0.544. The summed E-state index contributed by atoms with van der Waals surface area (Å²) in [6.45, 7) is 0. The summed E-state index contributed by atoms with van der Waals surface area (Å²) < 4.78 is 0. The van der Waals surface area contributed by atoms with Crippen LogP contribution >= 0.6 is 0 Å². The molecule has 0 aliphatic heterocycles. The first kappa shape index (κ1) is 11.2. The van der Waals surface area contributed by atoms with Crippen molar-refractivity contribution < 1.29 is 9.59 Å². The van der Waals surface area contributed by atoms with E-state index in [-0.39, 0.29) is 23.4 Å². The molecule has 3 aliphatic carbocycles. The highest BCUT2D eigenvalue weighted by atomic mass is 16.1. The Morgan fingerprint density at radius 2 is 1.68 bits per heavy atom. The van der Waals surface area contributed by atoms with Gasteiger partial charge in [-0.2, -0.15) is 0 Å². The van der Waals surface area contributed by atoms with Crippen molar-refractivity contribution in [2.45, 2.75) is 25.7 Å². The highest BCUT2D eigenvalue weighted by Gasteiger charge is 2.48. The summed E-state index contributed by atoms with van der Waals surface area (Å²) in [6.07, 6.45) is 6.36. The molecule has 96 valence electrons. The molecule has 1 aromatic carbocycles. The molecule has 0 saturated heterocycles. The Kier molecular flexibility index (Phi) is 2.29. The highest BCUT2D eigenvalue weighted by molar-refractivity contribution is 6.16. The molecule has 3 atom stereocenters. The first-order chi connectivity index (χ1) is 9.27. The van der Waals surface area contributed by atoms with Crippen LogP contribution in [0, 0.1) is 17.8 Å². The zero-order valence-electron chi connectivity index (χ0n) is 10.8. The lowest BCUT2D eigenvalue weighted by Gasteiger charge is -2.37. The van der Waals surface area contributed by atoms with Gasteiger partial charge in [-0.05, 0) is 31.6 Å². The van der Waals surface area contributed by atoms with Crippen molar-refractivity contribution in [2.24, 2.45) is 17.8 Å². The molecule has 0 aromatic heterocycles. The van der Waals surface area contributed by atoms with Crippen LogP contribution in [0.1, 0.15) is 46.4 Å². The van der Waals surface area contributed by atoms with Gasteiger partial charge in [0.05, 0.1) is 0 Å². The van der Waals surface area contributed by atoms with Crippen molar-refractivity contribution in [2.75, 3.05) is 0 Å². The molecule has 0 bridgehead atoms. The van der Waals surface area contributed by atoms with Crippen LogP contribution in [0.5, 0.6) is 0 Å². The van der Waals surface area contributed by atoms with Gasteiger partial charge in [0.15, 0.2) is 11.6 Å². The van der Waals surface area contributed by atoms with Gasteiger partial charge in [0.25, 0.3) is 0 Å². The number of ketones is 2. The van der Waals surface area contributed by atoms with Gasteiger partial charge in [0, 0.05) is 23.0 Å². The van der Waals surface area contributed by atoms with E-state index in [1.165, 1.54) is 12.0 Å². The van der Waals surface area contributed by atoms with Crippen LogP contribution in [0.2, 0.25) is 0 Å². The summed E-state index contributed by atoms with van der Waals surface area (Å²) in [6, 6.07) is 7.33. The van der Waals surface area contributed by atoms with E-state index in [4.69, 9.17) is 0 Å². The summed E-state index contributed by atoms with van der Waals surface area (Å²) in [4.78, 5) is 25.4. The molecule has 0 N–H and O–H groups in total. The van der Waals surface area contributed by atoms with E-state index in [1.807, 2.05) is 18.2 Å². The smallest absolute Gasteiger partial charge is 0.168 e. The minimum atomic E-state index is -0.103. The first-order valence-corrected chi connectivity index (χ1v) is 7.14. The Labute approximate surface area is 112 Å². The van der Waals surface area contributed by atoms with Crippen LogP contribution in [0.25, 0.3) is 0 Å². The van der Waals surface area contributed by atoms with E-state index in [0.29, 0.717) is 17.0 Å². The monoisotopic (exact) mass is 252 g/mol. The van der Waals surface area contributed by atoms with Gasteiger partial charge in [-0.1, -0.05) is 35.9 Å². The van der Waals surface area contributed by atoms with Crippen LogP contribution < -0.4 is 0 Å². The van der Waals surface area contributed by atoms with Gasteiger partial charge in [-0.15, -0.1) is 0 Å². The fraction of sp³-hybridized carbons (Fsp3) is 0.412. The Bertz CT molecular complexity index is 611. The molecular formula is C17H16O2. The lowest BCUT2D eigenvalue weighted by Crippen LogP contribution is -2.42. The summed E-state index contributed by atoms with van der Waals surface area (Å²) in [5.41, 5.74) is 2.73. The zero-order valence-corrected chi connectivity index (χ0v) is 10.8. The lowest BCUT2D eigenvalue weighted by molar-refractivity contribution is 0.0674. The molecule has 2 heteroatoms. The predicted molar refractivity (Wildman–Crippen MR) is 72.1 cm³/mol. The van der Waals surface area contributed by atoms with Gasteiger partial charge >= 0.3 is 0 Å². The molecule has 0 heterocycles. The van der Waals surface area contributed by atoms with E-state index in [1.54, 1.807) is 6.07 Å². The minimum Gasteiger partial charge on any atom is -0.294 e. The fourth-order valence-electron chi connectivity index (χ4n) is 4.19. The molecule has 1 saturated carbocycles. The highest BCUT2D eigenvalue weighted by Crippen LogP contribution is 2.48. The van der Waals surface area contributed by atoms with Crippen LogP contribution in [-0.2, 0) is 0 Å². The van der Waals surface area contributed by atoms with Gasteiger partial charge in [0.1, 0.15) is 0 Å². The summed E-state index contributed by atoms with van der Waals surface area (Å²) >= 11 is 0. The topological polar surface area (TPSA) is 34.1 Å². The number of Topliss-reactive ketones (excluding diaryl/α,β-unsaturated/α-hetero) is 2. The molecule has 4 rings (SSSR count). The number of hydrogen-bond acceptors (Lipinski definition) is 2. The third-order valence-electron chi connectivity index (χ3n) is 5.06. The number of rotatable bonds is 0. The average molecular weight is 252 g/mol. The van der Waals surface area contributed by atoms with Crippen LogP contribution in [-0.4, -0.2) is 11.6 Å². The summed E-state index contributed by atoms with van der Waals surface area (Å²) in [7, 11) is 0. The molecule has 3 aliphatic rings. The standard InChI is InChI=1S/C17H16O2/c18-16-12-5-1-2-6-13(12)17(19)15-11-7-3-4-10(11)8-9-14(15)16/h1-2,5-6,8,11,14-15H,3-4,7,9H2. The van der Waals surface area contributed by atoms with E-state index in [9.17, 15) is 9.59 Å². The molecule has 19 heavy (non-hydrogen) atoms. The third kappa shape index (κ3) is 1.43. The Morgan fingerprint density at radius 3 is 2.47 bits per heavy atom. The number of benzene rings is 1. The third-order valence-corrected chi connectivity index (χ3v) is 5.06. The van der Waals surface area contributed by atoms with Crippen molar-refractivity contribution in [1.29, 1.82) is 0 Å². The number of hydrogen-bond donors (Lipinski definition) is 0. The lowest BCUT2D eigenvalue weighted by atomic mass is 9.63. The maximum Gasteiger partial charge on any atom is 0.168 e. The molecule has 1 fully saturated rings. The molecule has 2 nitrogen and oxygen atoms in total. The molecule has 0 amide bonds. The maximum absolute atomic E-state index is 12.8.